The number of phenolic OH excluding ortho intramolecular Hbond substituents is 1. The van der Waals surface area contributed by atoms with Gasteiger partial charge in [0.25, 0.3) is 11.8 Å². The Balaban J connectivity index is 1.86. The van der Waals surface area contributed by atoms with E-state index in [1.165, 1.54) is 12.1 Å². The molecule has 0 aliphatic carbocycles. The number of nitro groups is 1. The van der Waals surface area contributed by atoms with Gasteiger partial charge < -0.3 is 15.3 Å². The molecule has 2 amide bonds. The van der Waals surface area contributed by atoms with Crippen LogP contribution in [0.1, 0.15) is 21.5 Å². The molecule has 3 aromatic carbocycles. The van der Waals surface area contributed by atoms with Crippen LogP contribution in [0, 0.1) is 10.1 Å². The fourth-order valence-electron chi connectivity index (χ4n) is 3.04. The molecule has 0 atom stereocenters. The molecule has 11 heteroatoms. The zero-order valence-electron chi connectivity index (χ0n) is 19.3. The predicted molar refractivity (Wildman–Crippen MR) is 141 cm³/mol. The van der Waals surface area contributed by atoms with E-state index in [0.29, 0.717) is 15.6 Å². The number of rotatable bonds is 8. The molecule has 0 radical (unpaired) electrons. The van der Waals surface area contributed by atoms with Gasteiger partial charge in [0.2, 0.25) is 5.75 Å². The molecular weight excluding hydrogens is 530 g/mol. The topological polar surface area (TPSA) is 137 Å². The Kier molecular flexibility index (Phi) is 8.52. The van der Waals surface area contributed by atoms with Gasteiger partial charge in [0.05, 0.1) is 11.1 Å². The minimum Gasteiger partial charge on any atom is -0.502 e. The van der Waals surface area contributed by atoms with Gasteiger partial charge in [-0.2, -0.15) is 5.10 Å². The van der Waals surface area contributed by atoms with Crippen molar-refractivity contribution in [1.29, 1.82) is 0 Å². The van der Waals surface area contributed by atoms with Crippen molar-refractivity contribution in [3.05, 3.63) is 104 Å². The quantitative estimate of drug-likeness (QED) is 0.167. The molecule has 0 fully saturated rings. The number of amides is 2. The number of carbonyl (C=O) groups is 2. The predicted octanol–water partition coefficient (Wildman–Crippen LogP) is 4.05. The van der Waals surface area contributed by atoms with Gasteiger partial charge in [-0.3, -0.25) is 19.7 Å². The number of hydrazone groups is 1. The largest absolute Gasteiger partial charge is 0.502 e. The molecular formula is C25H22BrN5O5. The summed E-state index contributed by atoms with van der Waals surface area (Å²) < 4.78 is 0.344. The Hall–Kier alpha value is -4.51. The summed E-state index contributed by atoms with van der Waals surface area (Å²) >= 11 is 3.14. The van der Waals surface area contributed by atoms with Gasteiger partial charge in [-0.05, 0) is 42.0 Å². The third-order valence-electron chi connectivity index (χ3n) is 4.90. The van der Waals surface area contributed by atoms with Gasteiger partial charge in [0.15, 0.2) is 0 Å². The number of phenols is 1. The summed E-state index contributed by atoms with van der Waals surface area (Å²) in [6, 6.07) is 18.2. The SMILES string of the molecule is CN(C)c1ccc(C=C(NC(=O)c2ccccc2)C(=O)NN=Cc2cc(Br)cc([N+](=O)[O-])c2O)cc1. The van der Waals surface area contributed by atoms with Crippen molar-refractivity contribution in [3.8, 4) is 5.75 Å². The lowest BCUT2D eigenvalue weighted by Gasteiger charge is -2.12. The maximum Gasteiger partial charge on any atom is 0.312 e. The highest BCUT2D eigenvalue weighted by molar-refractivity contribution is 9.10. The second-order valence-electron chi connectivity index (χ2n) is 7.68. The van der Waals surface area contributed by atoms with Gasteiger partial charge >= 0.3 is 5.69 Å². The van der Waals surface area contributed by atoms with Gasteiger partial charge in [-0.25, -0.2) is 5.43 Å². The van der Waals surface area contributed by atoms with Gasteiger partial charge in [0.1, 0.15) is 5.70 Å². The van der Waals surface area contributed by atoms with E-state index in [-0.39, 0.29) is 11.3 Å². The monoisotopic (exact) mass is 551 g/mol. The Morgan fingerprint density at radius 2 is 1.75 bits per heavy atom. The van der Waals surface area contributed by atoms with E-state index in [4.69, 9.17) is 0 Å². The first-order chi connectivity index (χ1) is 17.2. The number of hydrogen-bond donors (Lipinski definition) is 3. The summed E-state index contributed by atoms with van der Waals surface area (Å²) in [4.78, 5) is 37.9. The zero-order valence-corrected chi connectivity index (χ0v) is 20.9. The fraction of sp³-hybridized carbons (Fsp3) is 0.0800. The molecule has 0 unspecified atom stereocenters. The van der Waals surface area contributed by atoms with Crippen LogP contribution in [0.5, 0.6) is 5.75 Å². The third kappa shape index (κ3) is 6.76. The van der Waals surface area contributed by atoms with Crippen molar-refractivity contribution < 1.29 is 19.6 Å². The van der Waals surface area contributed by atoms with Crippen LogP contribution >= 0.6 is 15.9 Å². The highest BCUT2D eigenvalue weighted by Crippen LogP contribution is 2.32. The van der Waals surface area contributed by atoms with Crippen LogP contribution in [0.15, 0.2) is 82.0 Å². The smallest absolute Gasteiger partial charge is 0.312 e. The summed E-state index contributed by atoms with van der Waals surface area (Å²) in [6.07, 6.45) is 2.56. The highest BCUT2D eigenvalue weighted by atomic mass is 79.9. The van der Waals surface area contributed by atoms with Crippen molar-refractivity contribution in [2.75, 3.05) is 19.0 Å². The number of nitro benzene ring substituents is 1. The molecule has 0 bridgehead atoms. The second kappa shape index (κ2) is 11.8. The molecule has 0 heterocycles. The summed E-state index contributed by atoms with van der Waals surface area (Å²) in [5.41, 5.74) is 3.65. The molecule has 36 heavy (non-hydrogen) atoms. The third-order valence-corrected chi connectivity index (χ3v) is 5.36. The maximum absolute atomic E-state index is 12.9. The number of benzene rings is 3. The van der Waals surface area contributed by atoms with E-state index in [2.05, 4.69) is 31.8 Å². The summed E-state index contributed by atoms with van der Waals surface area (Å²) in [6.45, 7) is 0. The normalized spacial score (nSPS) is 11.2. The zero-order chi connectivity index (χ0) is 26.2. The van der Waals surface area contributed by atoms with Crippen molar-refractivity contribution in [3.63, 3.8) is 0 Å². The first kappa shape index (κ1) is 26.1. The Morgan fingerprint density at radius 3 is 2.36 bits per heavy atom. The maximum atomic E-state index is 12.9. The van der Waals surface area contributed by atoms with Crippen molar-refractivity contribution in [2.45, 2.75) is 0 Å². The van der Waals surface area contributed by atoms with E-state index in [1.807, 2.05) is 31.1 Å². The van der Waals surface area contributed by atoms with E-state index >= 15 is 0 Å². The number of aromatic hydroxyl groups is 1. The van der Waals surface area contributed by atoms with Crippen LogP contribution in [-0.2, 0) is 4.79 Å². The first-order valence-corrected chi connectivity index (χ1v) is 11.3. The molecule has 3 N–H and O–H groups in total. The van der Waals surface area contributed by atoms with E-state index in [9.17, 15) is 24.8 Å². The van der Waals surface area contributed by atoms with Crippen LogP contribution in [0.2, 0.25) is 0 Å². The number of halogens is 1. The van der Waals surface area contributed by atoms with Crippen LogP contribution in [0.4, 0.5) is 11.4 Å². The van der Waals surface area contributed by atoms with Gasteiger partial charge in [-0.15, -0.1) is 0 Å². The number of anilines is 1. The second-order valence-corrected chi connectivity index (χ2v) is 8.60. The van der Waals surface area contributed by atoms with Crippen LogP contribution in [0.3, 0.4) is 0 Å². The summed E-state index contributed by atoms with van der Waals surface area (Å²) in [5.74, 6) is -1.84. The fourth-order valence-corrected chi connectivity index (χ4v) is 3.50. The molecule has 0 aliphatic heterocycles. The molecule has 0 saturated carbocycles. The lowest BCUT2D eigenvalue weighted by molar-refractivity contribution is -0.385. The van der Waals surface area contributed by atoms with Crippen LogP contribution < -0.4 is 15.6 Å². The molecule has 10 nitrogen and oxygen atoms in total. The molecule has 0 aromatic heterocycles. The number of carbonyl (C=O) groups excluding carboxylic acids is 2. The van der Waals surface area contributed by atoms with Crippen molar-refractivity contribution in [1.82, 2.24) is 10.7 Å². The molecule has 0 spiro atoms. The van der Waals surface area contributed by atoms with E-state index in [1.54, 1.807) is 42.5 Å². The summed E-state index contributed by atoms with van der Waals surface area (Å²) in [7, 11) is 3.80. The van der Waals surface area contributed by atoms with Gasteiger partial charge in [0, 0.05) is 41.4 Å². The molecule has 184 valence electrons. The lowest BCUT2D eigenvalue weighted by atomic mass is 10.1. The number of nitrogens with zero attached hydrogens (tertiary/aromatic N) is 3. The molecule has 0 aliphatic rings. The first-order valence-electron chi connectivity index (χ1n) is 10.5. The summed E-state index contributed by atoms with van der Waals surface area (Å²) in [5, 5.41) is 27.6. The molecule has 3 aromatic rings. The number of nitrogens with one attached hydrogen (secondary N) is 2. The standard InChI is InChI=1S/C25H22BrN5O5/c1-30(2)20-10-8-16(9-11-20)12-21(28-24(33)17-6-4-3-5-7-17)25(34)29-27-15-18-13-19(26)14-22(23(18)32)31(35)36/h3-15,32H,1-2H3,(H,28,33)(H,29,34). The molecule has 0 saturated heterocycles. The lowest BCUT2D eigenvalue weighted by Crippen LogP contribution is -2.32. The Bertz CT molecular complexity index is 1340. The van der Waals surface area contributed by atoms with Crippen molar-refractivity contribution >= 4 is 51.4 Å². The Labute approximate surface area is 215 Å². The van der Waals surface area contributed by atoms with Crippen molar-refractivity contribution in [2.24, 2.45) is 5.10 Å². The minimum atomic E-state index is -0.740. The Morgan fingerprint density at radius 1 is 1.08 bits per heavy atom. The van der Waals surface area contributed by atoms with Crippen LogP contribution in [-0.4, -0.2) is 42.2 Å². The highest BCUT2D eigenvalue weighted by Gasteiger charge is 2.18. The molecule has 3 rings (SSSR count). The van der Waals surface area contributed by atoms with Gasteiger partial charge in [-0.1, -0.05) is 46.3 Å². The average molecular weight is 552 g/mol. The average Bonchev–Trinajstić information content (AvgIpc) is 2.86. The van der Waals surface area contributed by atoms with Crippen LogP contribution in [0.25, 0.3) is 6.08 Å². The van der Waals surface area contributed by atoms with E-state index < -0.39 is 28.2 Å². The minimum absolute atomic E-state index is 0.00880. The van der Waals surface area contributed by atoms with E-state index in [0.717, 1.165) is 18.0 Å². The number of hydrogen-bond acceptors (Lipinski definition) is 7.